The predicted molar refractivity (Wildman–Crippen MR) is 76.2 cm³/mol. The summed E-state index contributed by atoms with van der Waals surface area (Å²) in [6, 6.07) is 3.97. The van der Waals surface area contributed by atoms with Gasteiger partial charge in [0.25, 0.3) is 0 Å². The van der Waals surface area contributed by atoms with Gasteiger partial charge >= 0.3 is 6.18 Å². The lowest BCUT2D eigenvalue weighted by molar-refractivity contribution is -0.137. The van der Waals surface area contributed by atoms with Crippen LogP contribution in [0.3, 0.4) is 0 Å². The molecule has 0 spiro atoms. The van der Waals surface area contributed by atoms with Crippen LogP contribution in [0, 0.1) is 6.92 Å². The van der Waals surface area contributed by atoms with Crippen LogP contribution in [0.15, 0.2) is 18.2 Å². The zero-order valence-electron chi connectivity index (χ0n) is 12.7. The van der Waals surface area contributed by atoms with Gasteiger partial charge in [-0.1, -0.05) is 6.07 Å². The molecule has 0 saturated heterocycles. The number of ether oxygens (including phenoxy) is 1. The van der Waals surface area contributed by atoms with Gasteiger partial charge in [-0.25, -0.2) is 0 Å². The first-order valence-corrected chi connectivity index (χ1v) is 7.21. The number of alkyl halides is 3. The van der Waals surface area contributed by atoms with Crippen molar-refractivity contribution in [2.45, 2.75) is 50.4 Å². The smallest absolute Gasteiger partial charge is 0.378 e. The van der Waals surface area contributed by atoms with Crippen LogP contribution in [0.2, 0.25) is 0 Å². The Labute approximate surface area is 123 Å². The van der Waals surface area contributed by atoms with E-state index in [1.807, 2.05) is 7.05 Å². The summed E-state index contributed by atoms with van der Waals surface area (Å²) in [7, 11) is 3.55. The van der Waals surface area contributed by atoms with E-state index < -0.39 is 11.7 Å². The van der Waals surface area contributed by atoms with Crippen LogP contribution in [0.4, 0.5) is 13.2 Å². The third-order valence-electron chi connectivity index (χ3n) is 4.59. The molecule has 1 unspecified atom stereocenters. The van der Waals surface area contributed by atoms with Gasteiger partial charge in [-0.3, -0.25) is 0 Å². The molecule has 1 N–H and O–H groups in total. The summed E-state index contributed by atoms with van der Waals surface area (Å²) in [5.41, 5.74) is 0.857. The van der Waals surface area contributed by atoms with E-state index in [0.717, 1.165) is 37.3 Å². The number of hydrogen-bond donors (Lipinski definition) is 1. The number of hydrogen-bond acceptors (Lipinski definition) is 2. The molecule has 2 rings (SSSR count). The van der Waals surface area contributed by atoms with Gasteiger partial charge in [0.1, 0.15) is 0 Å². The zero-order chi connectivity index (χ0) is 15.7. The molecule has 2 nitrogen and oxygen atoms in total. The van der Waals surface area contributed by atoms with E-state index in [0.29, 0.717) is 5.56 Å². The van der Waals surface area contributed by atoms with E-state index in [-0.39, 0.29) is 11.6 Å². The molecule has 1 fully saturated rings. The maximum absolute atomic E-state index is 12.7. The van der Waals surface area contributed by atoms with Crippen molar-refractivity contribution in [1.82, 2.24) is 5.32 Å². The molecule has 0 radical (unpaired) electrons. The van der Waals surface area contributed by atoms with E-state index in [1.165, 1.54) is 6.07 Å². The molecule has 5 heteroatoms. The van der Waals surface area contributed by atoms with Crippen molar-refractivity contribution in [2.75, 3.05) is 14.2 Å². The molecule has 118 valence electrons. The van der Waals surface area contributed by atoms with Crippen molar-refractivity contribution in [1.29, 1.82) is 0 Å². The van der Waals surface area contributed by atoms with E-state index >= 15 is 0 Å². The van der Waals surface area contributed by atoms with Gasteiger partial charge in [0.15, 0.2) is 0 Å². The van der Waals surface area contributed by atoms with Crippen molar-refractivity contribution in [2.24, 2.45) is 0 Å². The largest absolute Gasteiger partial charge is 0.416 e. The van der Waals surface area contributed by atoms with Crippen LogP contribution in [0.1, 0.15) is 48.4 Å². The number of aryl methyl sites for hydroxylation is 1. The minimum absolute atomic E-state index is 0.00698. The molecule has 1 aromatic rings. The standard InChI is InChI=1S/C16H22F3NO/c1-11-9-12(16(17,18)19)5-6-13(11)14(20-2)10-15(21-3)7-4-8-15/h5-6,9,14,20H,4,7-8,10H2,1-3H3. The van der Waals surface area contributed by atoms with Crippen LogP contribution in [-0.4, -0.2) is 19.8 Å². The quantitative estimate of drug-likeness (QED) is 0.878. The molecule has 0 bridgehead atoms. The highest BCUT2D eigenvalue weighted by Crippen LogP contribution is 2.42. The second-order valence-corrected chi connectivity index (χ2v) is 5.86. The van der Waals surface area contributed by atoms with Crippen LogP contribution in [0.25, 0.3) is 0 Å². The van der Waals surface area contributed by atoms with Crippen molar-refractivity contribution in [3.63, 3.8) is 0 Å². The van der Waals surface area contributed by atoms with E-state index in [4.69, 9.17) is 4.74 Å². The SMILES string of the molecule is CNC(CC1(OC)CCC1)c1ccc(C(F)(F)F)cc1C. The van der Waals surface area contributed by atoms with Gasteiger partial charge in [-0.15, -0.1) is 0 Å². The fourth-order valence-electron chi connectivity index (χ4n) is 3.05. The minimum Gasteiger partial charge on any atom is -0.378 e. The lowest BCUT2D eigenvalue weighted by atomic mass is 9.74. The van der Waals surface area contributed by atoms with Gasteiger partial charge in [0.2, 0.25) is 0 Å². The highest BCUT2D eigenvalue weighted by Gasteiger charge is 2.39. The van der Waals surface area contributed by atoms with E-state index in [1.54, 1.807) is 20.1 Å². The highest BCUT2D eigenvalue weighted by molar-refractivity contribution is 5.35. The van der Waals surface area contributed by atoms with Crippen molar-refractivity contribution in [3.05, 3.63) is 34.9 Å². The lowest BCUT2D eigenvalue weighted by Crippen LogP contribution is -2.42. The molecule has 1 aromatic carbocycles. The lowest BCUT2D eigenvalue weighted by Gasteiger charge is -2.43. The summed E-state index contributed by atoms with van der Waals surface area (Å²) in [6.45, 7) is 1.73. The van der Waals surface area contributed by atoms with Crippen LogP contribution >= 0.6 is 0 Å². The minimum atomic E-state index is -4.29. The molecule has 21 heavy (non-hydrogen) atoms. The van der Waals surface area contributed by atoms with Gasteiger partial charge in [0.05, 0.1) is 11.2 Å². The van der Waals surface area contributed by atoms with Gasteiger partial charge < -0.3 is 10.1 Å². The van der Waals surface area contributed by atoms with Gasteiger partial charge in [-0.05, 0) is 62.9 Å². The maximum Gasteiger partial charge on any atom is 0.416 e. The maximum atomic E-state index is 12.7. The monoisotopic (exact) mass is 301 g/mol. The average molecular weight is 301 g/mol. The van der Waals surface area contributed by atoms with Crippen LogP contribution < -0.4 is 5.32 Å². The Kier molecular flexibility index (Phi) is 4.63. The van der Waals surface area contributed by atoms with E-state index in [2.05, 4.69) is 5.32 Å². The summed E-state index contributed by atoms with van der Waals surface area (Å²) in [6.07, 6.45) is -0.328. The second kappa shape index (κ2) is 5.97. The molecule has 0 aliphatic heterocycles. The van der Waals surface area contributed by atoms with Crippen molar-refractivity contribution >= 4 is 0 Å². The first kappa shape index (κ1) is 16.3. The Hall–Kier alpha value is -1.07. The third-order valence-corrected chi connectivity index (χ3v) is 4.59. The first-order valence-electron chi connectivity index (χ1n) is 7.21. The Morgan fingerprint density at radius 1 is 1.33 bits per heavy atom. The number of nitrogens with one attached hydrogen (secondary N) is 1. The average Bonchev–Trinajstić information content (AvgIpc) is 2.38. The molecule has 0 heterocycles. The normalized spacial score (nSPS) is 19.1. The van der Waals surface area contributed by atoms with Crippen molar-refractivity contribution < 1.29 is 17.9 Å². The number of rotatable bonds is 5. The molecular formula is C16H22F3NO. The molecule has 1 atom stereocenters. The van der Waals surface area contributed by atoms with E-state index in [9.17, 15) is 13.2 Å². The summed E-state index contributed by atoms with van der Waals surface area (Å²) in [5, 5.41) is 3.21. The fourth-order valence-corrected chi connectivity index (χ4v) is 3.05. The summed E-state index contributed by atoms with van der Waals surface area (Å²) >= 11 is 0. The number of benzene rings is 1. The number of halogens is 3. The Morgan fingerprint density at radius 2 is 2.00 bits per heavy atom. The third kappa shape index (κ3) is 3.40. The van der Waals surface area contributed by atoms with Crippen LogP contribution in [-0.2, 0) is 10.9 Å². The van der Waals surface area contributed by atoms with Gasteiger partial charge in [-0.2, -0.15) is 13.2 Å². The molecule has 1 aliphatic rings. The number of methoxy groups -OCH3 is 1. The highest BCUT2D eigenvalue weighted by atomic mass is 19.4. The molecule has 1 aliphatic carbocycles. The van der Waals surface area contributed by atoms with Gasteiger partial charge in [0, 0.05) is 13.2 Å². The van der Waals surface area contributed by atoms with Crippen molar-refractivity contribution in [3.8, 4) is 0 Å². The first-order chi connectivity index (χ1) is 9.81. The molecular weight excluding hydrogens is 279 g/mol. The van der Waals surface area contributed by atoms with Crippen LogP contribution in [0.5, 0.6) is 0 Å². The topological polar surface area (TPSA) is 21.3 Å². The summed E-state index contributed by atoms with van der Waals surface area (Å²) in [4.78, 5) is 0. The molecule has 0 amide bonds. The Morgan fingerprint density at radius 3 is 2.38 bits per heavy atom. The summed E-state index contributed by atoms with van der Waals surface area (Å²) in [5.74, 6) is 0. The molecule has 0 aromatic heterocycles. The summed E-state index contributed by atoms with van der Waals surface area (Å²) < 4.78 is 43.8. The second-order valence-electron chi connectivity index (χ2n) is 5.86. The fraction of sp³-hybridized carbons (Fsp3) is 0.625. The Bertz CT molecular complexity index is 489. The Balaban J connectivity index is 2.22. The molecule has 1 saturated carbocycles. The predicted octanol–water partition coefficient (Wildman–Crippen LogP) is 4.23. The zero-order valence-corrected chi connectivity index (χ0v) is 12.7.